The largest absolute Gasteiger partial charge is 0.322 e. The van der Waals surface area contributed by atoms with Crippen molar-refractivity contribution in [3.63, 3.8) is 0 Å². The van der Waals surface area contributed by atoms with Gasteiger partial charge in [-0.1, -0.05) is 11.6 Å². The average molecular weight is 351 g/mol. The van der Waals surface area contributed by atoms with Crippen LogP contribution in [0, 0.1) is 0 Å². The Morgan fingerprint density at radius 2 is 1.78 bits per heavy atom. The summed E-state index contributed by atoms with van der Waals surface area (Å²) in [4.78, 5) is 23.9. The molecule has 0 radical (unpaired) electrons. The number of nitrogens with one attached hydrogen (secondary N) is 1. The Kier molecular flexibility index (Phi) is 3.62. The first kappa shape index (κ1) is 15.5. The van der Waals surface area contributed by atoms with Crippen molar-refractivity contribution in [1.82, 2.24) is 4.31 Å². The molecule has 0 unspecified atom stereocenters. The van der Waals surface area contributed by atoms with E-state index in [1.807, 2.05) is 0 Å². The molecule has 2 aromatic rings. The first-order chi connectivity index (χ1) is 10.8. The fraction of sp³-hybridized carbons (Fsp3) is 0.0667. The van der Waals surface area contributed by atoms with Crippen LogP contribution >= 0.6 is 11.6 Å². The van der Waals surface area contributed by atoms with Crippen LogP contribution in [0.15, 0.2) is 47.4 Å². The molecule has 0 saturated heterocycles. The molecule has 6 nitrogen and oxygen atoms in total. The standard InChI is InChI=1S/C15H11ClN2O4S/c1-18-15(20)12-7-2-9(8-13(12)23(18,21)22)14(19)17-11-5-3-10(16)4-6-11/h2-8H,1H3,(H,17,19). The van der Waals surface area contributed by atoms with Gasteiger partial charge in [-0.2, -0.15) is 0 Å². The van der Waals surface area contributed by atoms with E-state index >= 15 is 0 Å². The van der Waals surface area contributed by atoms with Crippen molar-refractivity contribution in [3.8, 4) is 0 Å². The third kappa shape index (κ3) is 2.58. The molecule has 0 aromatic heterocycles. The normalized spacial score (nSPS) is 15.4. The van der Waals surface area contributed by atoms with E-state index in [-0.39, 0.29) is 16.0 Å². The van der Waals surface area contributed by atoms with Crippen molar-refractivity contribution in [1.29, 1.82) is 0 Å². The van der Waals surface area contributed by atoms with Gasteiger partial charge in [0, 0.05) is 23.3 Å². The highest BCUT2D eigenvalue weighted by atomic mass is 35.5. The molecule has 3 rings (SSSR count). The van der Waals surface area contributed by atoms with Crippen LogP contribution in [-0.2, 0) is 10.0 Å². The number of nitrogens with zero attached hydrogens (tertiary/aromatic N) is 1. The third-order valence-electron chi connectivity index (χ3n) is 3.50. The molecule has 8 heteroatoms. The Balaban J connectivity index is 1.94. The average Bonchev–Trinajstić information content (AvgIpc) is 2.70. The lowest BCUT2D eigenvalue weighted by molar-refractivity contribution is 0.0890. The number of benzene rings is 2. The minimum atomic E-state index is -3.88. The lowest BCUT2D eigenvalue weighted by atomic mass is 10.1. The molecule has 1 heterocycles. The molecular formula is C15H11ClN2O4S. The number of amides is 2. The van der Waals surface area contributed by atoms with Gasteiger partial charge in [0.25, 0.3) is 21.8 Å². The van der Waals surface area contributed by atoms with Crippen molar-refractivity contribution in [2.24, 2.45) is 0 Å². The van der Waals surface area contributed by atoms with E-state index in [0.717, 1.165) is 0 Å². The molecule has 0 atom stereocenters. The van der Waals surface area contributed by atoms with E-state index < -0.39 is 21.8 Å². The van der Waals surface area contributed by atoms with Gasteiger partial charge in [0.05, 0.1) is 5.56 Å². The first-order valence-corrected chi connectivity index (χ1v) is 8.37. The summed E-state index contributed by atoms with van der Waals surface area (Å²) >= 11 is 5.77. The zero-order valence-electron chi connectivity index (χ0n) is 11.9. The van der Waals surface area contributed by atoms with E-state index in [0.29, 0.717) is 15.0 Å². The molecule has 0 aliphatic carbocycles. The van der Waals surface area contributed by atoms with E-state index in [1.165, 1.54) is 25.2 Å². The summed E-state index contributed by atoms with van der Waals surface area (Å²) in [5.41, 5.74) is 0.733. The third-order valence-corrected chi connectivity index (χ3v) is 5.53. The van der Waals surface area contributed by atoms with Gasteiger partial charge in [-0.3, -0.25) is 9.59 Å². The number of carbonyl (C=O) groups excluding carboxylic acids is 2. The van der Waals surface area contributed by atoms with Gasteiger partial charge in [0.1, 0.15) is 4.90 Å². The molecule has 0 bridgehead atoms. The number of anilines is 1. The van der Waals surface area contributed by atoms with Crippen LogP contribution in [0.5, 0.6) is 0 Å². The SMILES string of the molecule is CN1C(=O)c2ccc(C(=O)Nc3ccc(Cl)cc3)cc2S1(=O)=O. The van der Waals surface area contributed by atoms with E-state index in [9.17, 15) is 18.0 Å². The van der Waals surface area contributed by atoms with E-state index in [1.54, 1.807) is 24.3 Å². The fourth-order valence-corrected chi connectivity index (χ4v) is 3.66. The predicted molar refractivity (Wildman–Crippen MR) is 85.1 cm³/mol. The number of rotatable bonds is 2. The van der Waals surface area contributed by atoms with Gasteiger partial charge in [-0.15, -0.1) is 0 Å². The van der Waals surface area contributed by atoms with Crippen molar-refractivity contribution >= 4 is 39.1 Å². The Hall–Kier alpha value is -2.38. The van der Waals surface area contributed by atoms with Gasteiger partial charge < -0.3 is 5.32 Å². The number of fused-ring (bicyclic) bond motifs is 1. The second-order valence-electron chi connectivity index (χ2n) is 4.95. The van der Waals surface area contributed by atoms with Crippen LogP contribution in [0.3, 0.4) is 0 Å². The summed E-state index contributed by atoms with van der Waals surface area (Å²) in [6.45, 7) is 0. The number of sulfonamides is 1. The smallest absolute Gasteiger partial charge is 0.268 e. The molecule has 0 fully saturated rings. The molecule has 2 amide bonds. The van der Waals surface area contributed by atoms with Gasteiger partial charge >= 0.3 is 0 Å². The topological polar surface area (TPSA) is 83.6 Å². The van der Waals surface area contributed by atoms with Gasteiger partial charge in [-0.25, -0.2) is 12.7 Å². The van der Waals surface area contributed by atoms with Crippen LogP contribution in [0.1, 0.15) is 20.7 Å². The maximum absolute atomic E-state index is 12.2. The second-order valence-corrected chi connectivity index (χ2v) is 7.32. The predicted octanol–water partition coefficient (Wildman–Crippen LogP) is 2.37. The zero-order chi connectivity index (χ0) is 16.8. The summed E-state index contributed by atoms with van der Waals surface area (Å²) in [7, 11) is -2.70. The molecular weight excluding hydrogens is 340 g/mol. The van der Waals surface area contributed by atoms with Gasteiger partial charge in [0.2, 0.25) is 0 Å². The Morgan fingerprint density at radius 3 is 2.43 bits per heavy atom. The Bertz CT molecular complexity index is 923. The van der Waals surface area contributed by atoms with Crippen molar-refractivity contribution in [3.05, 3.63) is 58.6 Å². The summed E-state index contributed by atoms with van der Waals surface area (Å²) in [5, 5.41) is 3.17. The van der Waals surface area contributed by atoms with Gasteiger partial charge in [0.15, 0.2) is 0 Å². The number of hydrogen-bond acceptors (Lipinski definition) is 4. The minimum absolute atomic E-state index is 0.0653. The summed E-state index contributed by atoms with van der Waals surface area (Å²) < 4.78 is 24.9. The molecule has 1 aliphatic heterocycles. The molecule has 2 aromatic carbocycles. The number of halogens is 1. The molecule has 1 N–H and O–H groups in total. The van der Waals surface area contributed by atoms with Crippen LogP contribution in [0.2, 0.25) is 5.02 Å². The molecule has 1 aliphatic rings. The number of carbonyl (C=O) groups is 2. The van der Waals surface area contributed by atoms with E-state index in [4.69, 9.17) is 11.6 Å². The van der Waals surface area contributed by atoms with Crippen LogP contribution in [-0.4, -0.2) is 31.6 Å². The van der Waals surface area contributed by atoms with Crippen molar-refractivity contribution < 1.29 is 18.0 Å². The quantitative estimate of drug-likeness (QED) is 0.901. The van der Waals surface area contributed by atoms with Crippen LogP contribution < -0.4 is 5.32 Å². The highest BCUT2D eigenvalue weighted by molar-refractivity contribution is 7.90. The minimum Gasteiger partial charge on any atom is -0.322 e. The maximum atomic E-state index is 12.2. The monoisotopic (exact) mass is 350 g/mol. The summed E-state index contributed by atoms with van der Waals surface area (Å²) in [6.07, 6.45) is 0. The molecule has 0 spiro atoms. The fourth-order valence-electron chi connectivity index (χ4n) is 2.22. The number of hydrogen-bond donors (Lipinski definition) is 1. The Morgan fingerprint density at radius 1 is 1.13 bits per heavy atom. The second kappa shape index (κ2) is 5.36. The summed E-state index contributed by atoms with van der Waals surface area (Å²) in [6, 6.07) is 10.5. The molecule has 23 heavy (non-hydrogen) atoms. The highest BCUT2D eigenvalue weighted by Crippen LogP contribution is 2.29. The summed E-state index contributed by atoms with van der Waals surface area (Å²) in [5.74, 6) is -1.09. The highest BCUT2D eigenvalue weighted by Gasteiger charge is 2.38. The molecule has 118 valence electrons. The van der Waals surface area contributed by atoms with Crippen molar-refractivity contribution in [2.75, 3.05) is 12.4 Å². The lowest BCUT2D eigenvalue weighted by Gasteiger charge is -2.07. The lowest BCUT2D eigenvalue weighted by Crippen LogP contribution is -2.24. The van der Waals surface area contributed by atoms with Crippen LogP contribution in [0.4, 0.5) is 5.69 Å². The molecule has 0 saturated carbocycles. The Labute approximate surface area is 137 Å². The van der Waals surface area contributed by atoms with E-state index in [2.05, 4.69) is 5.32 Å². The van der Waals surface area contributed by atoms with Gasteiger partial charge in [-0.05, 0) is 42.5 Å². The van der Waals surface area contributed by atoms with Crippen LogP contribution in [0.25, 0.3) is 0 Å². The zero-order valence-corrected chi connectivity index (χ0v) is 13.5. The maximum Gasteiger partial charge on any atom is 0.268 e. The first-order valence-electron chi connectivity index (χ1n) is 6.55. The van der Waals surface area contributed by atoms with Crippen molar-refractivity contribution in [2.45, 2.75) is 4.90 Å².